The van der Waals surface area contributed by atoms with E-state index in [9.17, 15) is 4.79 Å². The molecule has 1 amide bonds. The van der Waals surface area contributed by atoms with Crippen molar-refractivity contribution in [1.82, 2.24) is 10.2 Å². The fourth-order valence-electron chi connectivity index (χ4n) is 1.86. The van der Waals surface area contributed by atoms with Gasteiger partial charge < -0.3 is 19.7 Å². The van der Waals surface area contributed by atoms with Gasteiger partial charge in [-0.3, -0.25) is 4.79 Å². The van der Waals surface area contributed by atoms with E-state index in [-0.39, 0.29) is 11.8 Å². The molecule has 0 aromatic heterocycles. The van der Waals surface area contributed by atoms with Gasteiger partial charge in [0.05, 0.1) is 19.1 Å². The highest BCUT2D eigenvalue weighted by Gasteiger charge is 2.26. The SMILES string of the molecule is COCCN(CCOC)C(=O)C1CCNC1. The first-order chi connectivity index (χ1) is 7.79. The van der Waals surface area contributed by atoms with E-state index in [0.717, 1.165) is 19.5 Å². The normalized spacial score (nSPS) is 20.0. The molecule has 94 valence electrons. The first-order valence-electron chi connectivity index (χ1n) is 5.77. The van der Waals surface area contributed by atoms with Crippen LogP contribution in [0.3, 0.4) is 0 Å². The Morgan fingerprint density at radius 3 is 2.38 bits per heavy atom. The van der Waals surface area contributed by atoms with E-state index in [4.69, 9.17) is 9.47 Å². The summed E-state index contributed by atoms with van der Waals surface area (Å²) in [5.74, 6) is 0.354. The first kappa shape index (κ1) is 13.4. The van der Waals surface area contributed by atoms with Crippen LogP contribution < -0.4 is 5.32 Å². The summed E-state index contributed by atoms with van der Waals surface area (Å²) in [6.07, 6.45) is 0.940. The number of amides is 1. The van der Waals surface area contributed by atoms with E-state index in [1.165, 1.54) is 0 Å². The molecule has 0 bridgehead atoms. The van der Waals surface area contributed by atoms with Gasteiger partial charge in [0.25, 0.3) is 0 Å². The number of hydrogen-bond donors (Lipinski definition) is 1. The van der Waals surface area contributed by atoms with Crippen LogP contribution in [0.25, 0.3) is 0 Å². The molecule has 1 aliphatic heterocycles. The Bertz CT molecular complexity index is 197. The molecule has 0 aromatic carbocycles. The zero-order chi connectivity index (χ0) is 11.8. The van der Waals surface area contributed by atoms with Crippen LogP contribution in [0.2, 0.25) is 0 Å². The minimum atomic E-state index is 0.133. The largest absolute Gasteiger partial charge is 0.383 e. The summed E-state index contributed by atoms with van der Waals surface area (Å²) < 4.78 is 10.0. The maximum Gasteiger partial charge on any atom is 0.227 e. The highest BCUT2D eigenvalue weighted by atomic mass is 16.5. The van der Waals surface area contributed by atoms with Gasteiger partial charge in [0.1, 0.15) is 0 Å². The van der Waals surface area contributed by atoms with Gasteiger partial charge in [0, 0.05) is 33.9 Å². The molecule has 0 saturated carbocycles. The molecular weight excluding hydrogens is 208 g/mol. The third-order valence-corrected chi connectivity index (χ3v) is 2.85. The Balaban J connectivity index is 2.41. The van der Waals surface area contributed by atoms with E-state index in [0.29, 0.717) is 26.3 Å². The van der Waals surface area contributed by atoms with Gasteiger partial charge in [0.2, 0.25) is 5.91 Å². The zero-order valence-electron chi connectivity index (χ0n) is 10.2. The van der Waals surface area contributed by atoms with E-state index < -0.39 is 0 Å². The molecule has 1 atom stereocenters. The molecule has 0 radical (unpaired) electrons. The average molecular weight is 230 g/mol. The highest BCUT2D eigenvalue weighted by molar-refractivity contribution is 5.79. The lowest BCUT2D eigenvalue weighted by atomic mass is 10.1. The fraction of sp³-hybridized carbons (Fsp3) is 0.909. The number of hydrogen-bond acceptors (Lipinski definition) is 4. The Labute approximate surface area is 97.1 Å². The summed E-state index contributed by atoms with van der Waals surface area (Å²) in [5.41, 5.74) is 0. The number of carbonyl (C=O) groups excluding carboxylic acids is 1. The molecule has 1 rings (SSSR count). The van der Waals surface area contributed by atoms with Gasteiger partial charge in [-0.05, 0) is 13.0 Å². The third-order valence-electron chi connectivity index (χ3n) is 2.85. The van der Waals surface area contributed by atoms with Crippen molar-refractivity contribution < 1.29 is 14.3 Å². The Morgan fingerprint density at radius 1 is 1.31 bits per heavy atom. The molecule has 1 unspecified atom stereocenters. The smallest absolute Gasteiger partial charge is 0.227 e. The van der Waals surface area contributed by atoms with Crippen LogP contribution >= 0.6 is 0 Å². The summed E-state index contributed by atoms with van der Waals surface area (Å²) in [5, 5.41) is 3.21. The van der Waals surface area contributed by atoms with Gasteiger partial charge in [-0.25, -0.2) is 0 Å². The Morgan fingerprint density at radius 2 is 1.94 bits per heavy atom. The van der Waals surface area contributed by atoms with Crippen molar-refractivity contribution in [2.24, 2.45) is 5.92 Å². The van der Waals surface area contributed by atoms with Gasteiger partial charge >= 0.3 is 0 Å². The lowest BCUT2D eigenvalue weighted by molar-refractivity contribution is -0.136. The van der Waals surface area contributed by atoms with Crippen LogP contribution in [-0.4, -0.2) is 64.4 Å². The lowest BCUT2D eigenvalue weighted by Crippen LogP contribution is -2.41. The third kappa shape index (κ3) is 4.08. The van der Waals surface area contributed by atoms with Crippen molar-refractivity contribution in [1.29, 1.82) is 0 Å². The second-order valence-corrected chi connectivity index (χ2v) is 4.00. The molecule has 0 aromatic rings. The number of methoxy groups -OCH3 is 2. The van der Waals surface area contributed by atoms with Gasteiger partial charge in [-0.15, -0.1) is 0 Å². The minimum absolute atomic E-state index is 0.133. The summed E-state index contributed by atoms with van der Waals surface area (Å²) >= 11 is 0. The molecule has 1 aliphatic rings. The molecule has 5 heteroatoms. The molecule has 0 spiro atoms. The molecule has 1 saturated heterocycles. The van der Waals surface area contributed by atoms with Gasteiger partial charge in [-0.2, -0.15) is 0 Å². The molecule has 5 nitrogen and oxygen atoms in total. The van der Waals surface area contributed by atoms with Crippen molar-refractivity contribution in [2.45, 2.75) is 6.42 Å². The van der Waals surface area contributed by atoms with Gasteiger partial charge in [-0.1, -0.05) is 0 Å². The fourth-order valence-corrected chi connectivity index (χ4v) is 1.86. The topological polar surface area (TPSA) is 50.8 Å². The number of ether oxygens (including phenoxy) is 2. The molecule has 0 aliphatic carbocycles. The van der Waals surface area contributed by atoms with Crippen molar-refractivity contribution in [3.63, 3.8) is 0 Å². The summed E-state index contributed by atoms with van der Waals surface area (Å²) in [6, 6.07) is 0. The average Bonchev–Trinajstić information content (AvgIpc) is 2.82. The standard InChI is InChI=1S/C11H22N2O3/c1-15-7-5-13(6-8-16-2)11(14)10-3-4-12-9-10/h10,12H,3-9H2,1-2H3. The molecule has 1 fully saturated rings. The maximum atomic E-state index is 12.1. The second kappa shape index (κ2) is 7.60. The maximum absolute atomic E-state index is 12.1. The molecule has 1 heterocycles. The number of nitrogens with one attached hydrogen (secondary N) is 1. The molecule has 16 heavy (non-hydrogen) atoms. The van der Waals surface area contributed by atoms with Crippen LogP contribution in [0.5, 0.6) is 0 Å². The summed E-state index contributed by atoms with van der Waals surface area (Å²) in [4.78, 5) is 14.0. The van der Waals surface area contributed by atoms with Crippen molar-refractivity contribution in [3.05, 3.63) is 0 Å². The van der Waals surface area contributed by atoms with E-state index >= 15 is 0 Å². The van der Waals surface area contributed by atoms with Crippen LogP contribution in [0.15, 0.2) is 0 Å². The monoisotopic (exact) mass is 230 g/mol. The van der Waals surface area contributed by atoms with Crippen molar-refractivity contribution in [2.75, 3.05) is 53.6 Å². The summed E-state index contributed by atoms with van der Waals surface area (Å²) in [6.45, 7) is 4.20. The first-order valence-corrected chi connectivity index (χ1v) is 5.77. The lowest BCUT2D eigenvalue weighted by Gasteiger charge is -2.24. The quantitative estimate of drug-likeness (QED) is 0.653. The van der Waals surface area contributed by atoms with Crippen LogP contribution in [0, 0.1) is 5.92 Å². The highest BCUT2D eigenvalue weighted by Crippen LogP contribution is 2.11. The Hall–Kier alpha value is -0.650. The molecular formula is C11H22N2O3. The number of nitrogens with zero attached hydrogens (tertiary/aromatic N) is 1. The van der Waals surface area contributed by atoms with E-state index in [1.807, 2.05) is 4.90 Å². The van der Waals surface area contributed by atoms with Gasteiger partial charge in [0.15, 0.2) is 0 Å². The van der Waals surface area contributed by atoms with E-state index in [1.54, 1.807) is 14.2 Å². The number of carbonyl (C=O) groups is 1. The minimum Gasteiger partial charge on any atom is -0.383 e. The van der Waals surface area contributed by atoms with Crippen LogP contribution in [0.4, 0.5) is 0 Å². The summed E-state index contributed by atoms with van der Waals surface area (Å²) in [7, 11) is 3.30. The van der Waals surface area contributed by atoms with E-state index in [2.05, 4.69) is 5.32 Å². The zero-order valence-corrected chi connectivity index (χ0v) is 10.2. The number of rotatable bonds is 7. The predicted octanol–water partition coefficient (Wildman–Crippen LogP) is -0.283. The van der Waals surface area contributed by atoms with Crippen molar-refractivity contribution in [3.8, 4) is 0 Å². The molecule has 1 N–H and O–H groups in total. The van der Waals surface area contributed by atoms with Crippen molar-refractivity contribution >= 4 is 5.91 Å². The predicted molar refractivity (Wildman–Crippen MR) is 61.3 cm³/mol. The Kier molecular flexibility index (Phi) is 6.37. The van der Waals surface area contributed by atoms with Crippen LogP contribution in [-0.2, 0) is 14.3 Å². The van der Waals surface area contributed by atoms with Crippen LogP contribution in [0.1, 0.15) is 6.42 Å². The second-order valence-electron chi connectivity index (χ2n) is 4.00.